The van der Waals surface area contributed by atoms with Crippen molar-refractivity contribution < 1.29 is 18.7 Å². The van der Waals surface area contributed by atoms with Gasteiger partial charge in [0.1, 0.15) is 5.82 Å². The third kappa shape index (κ3) is 3.37. The van der Waals surface area contributed by atoms with Crippen molar-refractivity contribution in [3.8, 4) is 0 Å². The Labute approximate surface area is 153 Å². The van der Waals surface area contributed by atoms with E-state index in [0.29, 0.717) is 21.2 Å². The van der Waals surface area contributed by atoms with Crippen LogP contribution in [0.25, 0.3) is 0 Å². The first-order valence-electron chi connectivity index (χ1n) is 7.81. The highest BCUT2D eigenvalue weighted by atomic mass is 79.9. The van der Waals surface area contributed by atoms with Crippen LogP contribution in [0, 0.1) is 5.82 Å². The molecule has 0 unspecified atom stereocenters. The molecule has 3 rings (SSSR count). The van der Waals surface area contributed by atoms with E-state index in [2.05, 4.69) is 15.9 Å². The molecule has 0 aromatic heterocycles. The number of amides is 2. The molecule has 0 atom stereocenters. The van der Waals surface area contributed by atoms with Gasteiger partial charge in [-0.1, -0.05) is 34.1 Å². The summed E-state index contributed by atoms with van der Waals surface area (Å²) in [5.74, 6) is -1.03. The van der Waals surface area contributed by atoms with Gasteiger partial charge in [0, 0.05) is 10.0 Å². The van der Waals surface area contributed by atoms with E-state index in [1.165, 1.54) is 11.0 Å². The maximum Gasteiger partial charge on any atom is 0.262 e. The summed E-state index contributed by atoms with van der Waals surface area (Å²) in [6, 6.07) is 11.5. The average Bonchev–Trinajstić information content (AvgIpc) is 2.82. The van der Waals surface area contributed by atoms with E-state index in [1.54, 1.807) is 50.2 Å². The van der Waals surface area contributed by atoms with E-state index in [4.69, 9.17) is 4.74 Å². The summed E-state index contributed by atoms with van der Waals surface area (Å²) in [6.07, 6.45) is 0. The Morgan fingerprint density at radius 3 is 2.24 bits per heavy atom. The zero-order valence-electron chi connectivity index (χ0n) is 13.9. The van der Waals surface area contributed by atoms with E-state index in [9.17, 15) is 14.0 Å². The van der Waals surface area contributed by atoms with Gasteiger partial charge in [-0.05, 0) is 38.1 Å². The number of nitrogens with zero attached hydrogens (tertiary/aromatic N) is 1. The van der Waals surface area contributed by atoms with Crippen molar-refractivity contribution in [1.82, 2.24) is 4.90 Å². The van der Waals surface area contributed by atoms with E-state index in [1.807, 2.05) is 0 Å². The first-order valence-corrected chi connectivity index (χ1v) is 8.60. The minimum Gasteiger partial charge on any atom is -0.374 e. The zero-order chi connectivity index (χ0) is 18.2. The van der Waals surface area contributed by atoms with Crippen LogP contribution in [-0.2, 0) is 11.3 Å². The standard InChI is InChI=1S/C19H17BrFNO3/c1-19(2,11-25-10-12-7-8-13(20)9-16(12)21)22-17(23)14-5-3-4-6-15(14)18(22)24/h3-9H,10-11H2,1-2H3. The second-order valence-corrected chi connectivity index (χ2v) is 7.45. The molecule has 0 saturated carbocycles. The van der Waals surface area contributed by atoms with Crippen LogP contribution in [-0.4, -0.2) is 28.9 Å². The molecule has 2 amide bonds. The molecule has 25 heavy (non-hydrogen) atoms. The van der Waals surface area contributed by atoms with Gasteiger partial charge in [-0.2, -0.15) is 0 Å². The average molecular weight is 406 g/mol. The number of imide groups is 1. The van der Waals surface area contributed by atoms with Crippen LogP contribution in [0.15, 0.2) is 46.9 Å². The fraction of sp³-hybridized carbons (Fsp3) is 0.263. The zero-order valence-corrected chi connectivity index (χ0v) is 15.5. The van der Waals surface area contributed by atoms with Crippen LogP contribution in [0.5, 0.6) is 0 Å². The van der Waals surface area contributed by atoms with Gasteiger partial charge in [0.2, 0.25) is 0 Å². The molecule has 4 nitrogen and oxygen atoms in total. The van der Waals surface area contributed by atoms with Crippen LogP contribution in [0.3, 0.4) is 0 Å². The molecule has 0 radical (unpaired) electrons. The summed E-state index contributed by atoms with van der Waals surface area (Å²) in [6.45, 7) is 3.68. The summed E-state index contributed by atoms with van der Waals surface area (Å²) >= 11 is 3.21. The largest absolute Gasteiger partial charge is 0.374 e. The van der Waals surface area contributed by atoms with Gasteiger partial charge in [0.25, 0.3) is 11.8 Å². The monoisotopic (exact) mass is 405 g/mol. The van der Waals surface area contributed by atoms with E-state index >= 15 is 0 Å². The van der Waals surface area contributed by atoms with Crippen molar-refractivity contribution in [2.24, 2.45) is 0 Å². The Bertz CT molecular complexity index is 815. The summed E-state index contributed by atoms with van der Waals surface area (Å²) in [4.78, 5) is 26.3. The molecular weight excluding hydrogens is 389 g/mol. The molecule has 0 aliphatic carbocycles. The topological polar surface area (TPSA) is 46.6 Å². The number of hydrogen-bond donors (Lipinski definition) is 0. The summed E-state index contributed by atoms with van der Waals surface area (Å²) in [5, 5.41) is 0. The van der Waals surface area contributed by atoms with Crippen LogP contribution in [0.4, 0.5) is 4.39 Å². The molecule has 0 N–H and O–H groups in total. The highest BCUT2D eigenvalue weighted by Gasteiger charge is 2.43. The third-order valence-corrected chi connectivity index (χ3v) is 4.62. The van der Waals surface area contributed by atoms with Crippen LogP contribution in [0.2, 0.25) is 0 Å². The molecule has 6 heteroatoms. The maximum absolute atomic E-state index is 13.8. The number of ether oxygens (including phenoxy) is 1. The van der Waals surface area contributed by atoms with Crippen molar-refractivity contribution in [3.63, 3.8) is 0 Å². The molecule has 130 valence electrons. The summed E-state index contributed by atoms with van der Waals surface area (Å²) in [5.41, 5.74) is 0.374. The fourth-order valence-electron chi connectivity index (χ4n) is 2.85. The lowest BCUT2D eigenvalue weighted by atomic mass is 10.0. The van der Waals surface area contributed by atoms with E-state index in [-0.39, 0.29) is 30.8 Å². The number of hydrogen-bond acceptors (Lipinski definition) is 3. The Balaban J connectivity index is 1.70. The molecule has 1 heterocycles. The number of fused-ring (bicyclic) bond motifs is 1. The first kappa shape index (κ1) is 17.8. The van der Waals surface area contributed by atoms with E-state index in [0.717, 1.165) is 0 Å². The van der Waals surface area contributed by atoms with Gasteiger partial charge in [-0.15, -0.1) is 0 Å². The van der Waals surface area contributed by atoms with Crippen molar-refractivity contribution in [2.75, 3.05) is 6.61 Å². The molecule has 0 spiro atoms. The molecule has 0 bridgehead atoms. The van der Waals surface area contributed by atoms with Gasteiger partial charge in [-0.3, -0.25) is 14.5 Å². The van der Waals surface area contributed by atoms with Gasteiger partial charge < -0.3 is 4.74 Å². The number of carbonyl (C=O) groups excluding carboxylic acids is 2. The molecule has 1 aliphatic rings. The van der Waals surface area contributed by atoms with Crippen molar-refractivity contribution in [1.29, 1.82) is 0 Å². The Hall–Kier alpha value is -2.05. The molecule has 2 aromatic rings. The van der Waals surface area contributed by atoms with Crippen LogP contribution >= 0.6 is 15.9 Å². The fourth-order valence-corrected chi connectivity index (χ4v) is 3.19. The highest BCUT2D eigenvalue weighted by Crippen LogP contribution is 2.29. The Kier molecular flexibility index (Phi) is 4.75. The number of rotatable bonds is 5. The minimum absolute atomic E-state index is 0.0612. The molecular formula is C19H17BrFNO3. The smallest absolute Gasteiger partial charge is 0.262 e. The number of halogens is 2. The molecule has 0 saturated heterocycles. The number of carbonyl (C=O) groups is 2. The predicted molar refractivity (Wildman–Crippen MR) is 94.8 cm³/mol. The van der Waals surface area contributed by atoms with Crippen molar-refractivity contribution in [3.05, 3.63) is 69.4 Å². The molecule has 2 aromatic carbocycles. The van der Waals surface area contributed by atoms with Crippen LogP contribution in [0.1, 0.15) is 40.1 Å². The van der Waals surface area contributed by atoms with Crippen molar-refractivity contribution >= 4 is 27.7 Å². The van der Waals surface area contributed by atoms with Gasteiger partial charge in [-0.25, -0.2) is 4.39 Å². The normalized spacial score (nSPS) is 14.2. The van der Waals surface area contributed by atoms with Gasteiger partial charge >= 0.3 is 0 Å². The Morgan fingerprint density at radius 2 is 1.68 bits per heavy atom. The second kappa shape index (κ2) is 6.69. The quantitative estimate of drug-likeness (QED) is 0.700. The summed E-state index contributed by atoms with van der Waals surface area (Å²) in [7, 11) is 0. The SMILES string of the molecule is CC(C)(COCc1ccc(Br)cc1F)N1C(=O)c2ccccc2C1=O. The third-order valence-electron chi connectivity index (χ3n) is 4.13. The van der Waals surface area contributed by atoms with E-state index < -0.39 is 5.54 Å². The lowest BCUT2D eigenvalue weighted by Gasteiger charge is -2.33. The van der Waals surface area contributed by atoms with Gasteiger partial charge in [0.15, 0.2) is 0 Å². The van der Waals surface area contributed by atoms with Crippen LogP contribution < -0.4 is 0 Å². The predicted octanol–water partition coefficient (Wildman–Crippen LogP) is 4.18. The first-order chi connectivity index (χ1) is 11.8. The number of benzene rings is 2. The second-order valence-electron chi connectivity index (χ2n) is 6.53. The molecule has 0 fully saturated rings. The maximum atomic E-state index is 13.8. The highest BCUT2D eigenvalue weighted by molar-refractivity contribution is 9.10. The van der Waals surface area contributed by atoms with Crippen molar-refractivity contribution in [2.45, 2.75) is 26.0 Å². The minimum atomic E-state index is -0.848. The summed E-state index contributed by atoms with van der Waals surface area (Å²) < 4.78 is 20.1. The molecule has 1 aliphatic heterocycles. The lowest BCUT2D eigenvalue weighted by molar-refractivity contribution is 0.0112. The Morgan fingerprint density at radius 1 is 1.08 bits per heavy atom. The van der Waals surface area contributed by atoms with Gasteiger partial charge in [0.05, 0.1) is 29.9 Å². The lowest BCUT2D eigenvalue weighted by Crippen LogP contribution is -2.50.